The van der Waals surface area contributed by atoms with Gasteiger partial charge in [0.1, 0.15) is 27.9 Å². The first-order valence-electron chi connectivity index (χ1n) is 10.1. The molecule has 2 heterocycles. The van der Waals surface area contributed by atoms with Gasteiger partial charge in [-0.25, -0.2) is 8.42 Å². The molecule has 2 aromatic carbocycles. The number of hydrogen-bond donors (Lipinski definition) is 0. The second kappa shape index (κ2) is 9.14. The molecule has 170 valence electrons. The number of rotatable bonds is 5. The van der Waals surface area contributed by atoms with E-state index in [1.54, 1.807) is 61.5 Å². The van der Waals surface area contributed by atoms with Crippen molar-refractivity contribution in [3.05, 3.63) is 104 Å². The minimum absolute atomic E-state index is 0.0656. The Bertz CT molecular complexity index is 1650. The molecule has 0 bridgehead atoms. The predicted molar refractivity (Wildman–Crippen MR) is 130 cm³/mol. The zero-order valence-electron chi connectivity index (χ0n) is 18.2. The number of hydrogen-bond acceptors (Lipinski definition) is 6. The highest BCUT2D eigenvalue weighted by Crippen LogP contribution is 2.31. The Balaban J connectivity index is 1.98. The molecule has 0 unspecified atom stereocenters. The van der Waals surface area contributed by atoms with Crippen LogP contribution in [0.1, 0.15) is 16.7 Å². The summed E-state index contributed by atoms with van der Waals surface area (Å²) in [5.74, 6) is 0.0582. The van der Waals surface area contributed by atoms with Gasteiger partial charge in [0.05, 0.1) is 9.92 Å². The number of allylic oxidation sites excluding steroid dienone is 1. The lowest BCUT2D eigenvalue weighted by Crippen LogP contribution is -2.20. The van der Waals surface area contributed by atoms with Crippen molar-refractivity contribution in [2.24, 2.45) is 0 Å². The molecule has 0 fully saturated rings. The van der Waals surface area contributed by atoms with E-state index in [0.29, 0.717) is 11.2 Å². The maximum absolute atomic E-state index is 13.4. The van der Waals surface area contributed by atoms with Crippen molar-refractivity contribution in [2.45, 2.75) is 18.7 Å². The second-order valence-corrected chi connectivity index (χ2v) is 9.82. The lowest BCUT2D eigenvalue weighted by Gasteiger charge is -2.12. The van der Waals surface area contributed by atoms with Crippen LogP contribution in [0.2, 0.25) is 5.02 Å². The molecule has 0 aliphatic rings. The van der Waals surface area contributed by atoms with Gasteiger partial charge in [-0.1, -0.05) is 47.5 Å². The molecule has 0 spiro atoms. The van der Waals surface area contributed by atoms with E-state index in [-0.39, 0.29) is 27.1 Å². The third-order valence-electron chi connectivity index (χ3n) is 5.10. The Morgan fingerprint density at radius 3 is 2.47 bits per heavy atom. The summed E-state index contributed by atoms with van der Waals surface area (Å²) in [4.78, 5) is 17.2. The lowest BCUT2D eigenvalue weighted by molar-refractivity contribution is 0.461. The number of sulfone groups is 1. The minimum atomic E-state index is -4.20. The Morgan fingerprint density at radius 2 is 1.79 bits per heavy atom. The van der Waals surface area contributed by atoms with E-state index in [0.717, 1.165) is 11.6 Å². The van der Waals surface area contributed by atoms with Crippen LogP contribution >= 0.6 is 11.6 Å². The highest BCUT2D eigenvalue weighted by molar-refractivity contribution is 7.95. The van der Waals surface area contributed by atoms with Gasteiger partial charge in [0, 0.05) is 6.20 Å². The number of halogens is 1. The minimum Gasteiger partial charge on any atom is -0.437 e. The fraction of sp³-hybridized carbons (Fsp3) is 0.0800. The molecular formula is C25H18ClN3O4S. The Labute approximate surface area is 201 Å². The average Bonchev–Trinajstić information content (AvgIpc) is 2.81. The summed E-state index contributed by atoms with van der Waals surface area (Å²) in [6, 6.07) is 17.8. The van der Waals surface area contributed by atoms with E-state index in [1.165, 1.54) is 22.7 Å². The van der Waals surface area contributed by atoms with Gasteiger partial charge < -0.3 is 4.74 Å². The SMILES string of the molecule is Cc1ccc(S(=O)(=O)/C(C#N)=C/c2c(Oc3ccccc3Cl)nc3c(C)cccn3c2=O)cc1. The number of nitriles is 1. The van der Waals surface area contributed by atoms with Crippen LogP contribution in [-0.2, 0) is 9.84 Å². The van der Waals surface area contributed by atoms with Crippen molar-refractivity contribution in [1.29, 1.82) is 5.26 Å². The van der Waals surface area contributed by atoms with Crippen molar-refractivity contribution < 1.29 is 13.2 Å². The summed E-state index contributed by atoms with van der Waals surface area (Å²) in [6.45, 7) is 3.60. The number of fused-ring (bicyclic) bond motifs is 1. The van der Waals surface area contributed by atoms with Crippen molar-refractivity contribution in [2.75, 3.05) is 0 Å². The second-order valence-electron chi connectivity index (χ2n) is 7.49. The molecule has 4 aromatic rings. The van der Waals surface area contributed by atoms with Gasteiger partial charge in [-0.05, 0) is 55.8 Å². The van der Waals surface area contributed by atoms with Crippen LogP contribution in [0.3, 0.4) is 0 Å². The molecular weight excluding hydrogens is 474 g/mol. The Morgan fingerprint density at radius 1 is 1.09 bits per heavy atom. The Hall–Kier alpha value is -3.93. The van der Waals surface area contributed by atoms with Gasteiger partial charge in [-0.2, -0.15) is 10.2 Å². The maximum Gasteiger partial charge on any atom is 0.269 e. The molecule has 7 nitrogen and oxygen atoms in total. The molecule has 0 amide bonds. The number of nitrogens with zero attached hydrogens (tertiary/aromatic N) is 3. The first kappa shape index (κ1) is 23.2. The van der Waals surface area contributed by atoms with Crippen LogP contribution in [-0.4, -0.2) is 17.8 Å². The van der Waals surface area contributed by atoms with Crippen molar-refractivity contribution in [1.82, 2.24) is 9.38 Å². The summed E-state index contributed by atoms with van der Waals surface area (Å²) >= 11 is 6.21. The third-order valence-corrected chi connectivity index (χ3v) is 7.09. The summed E-state index contributed by atoms with van der Waals surface area (Å²) in [7, 11) is -4.20. The molecule has 0 aliphatic carbocycles. The van der Waals surface area contributed by atoms with Crippen molar-refractivity contribution in [3.8, 4) is 17.7 Å². The summed E-state index contributed by atoms with van der Waals surface area (Å²) in [6.07, 6.45) is 2.50. The van der Waals surface area contributed by atoms with Crippen LogP contribution in [0, 0.1) is 25.2 Å². The van der Waals surface area contributed by atoms with Crippen LogP contribution < -0.4 is 10.3 Å². The van der Waals surface area contributed by atoms with Crippen LogP contribution in [0.5, 0.6) is 11.6 Å². The van der Waals surface area contributed by atoms with E-state index in [1.807, 2.05) is 6.92 Å². The largest absolute Gasteiger partial charge is 0.437 e. The van der Waals surface area contributed by atoms with E-state index in [9.17, 15) is 18.5 Å². The van der Waals surface area contributed by atoms with E-state index < -0.39 is 20.3 Å². The zero-order chi connectivity index (χ0) is 24.5. The molecule has 0 saturated heterocycles. The average molecular weight is 492 g/mol. The quantitative estimate of drug-likeness (QED) is 0.360. The van der Waals surface area contributed by atoms with Gasteiger partial charge in [0.15, 0.2) is 0 Å². The van der Waals surface area contributed by atoms with Crippen LogP contribution in [0.4, 0.5) is 0 Å². The zero-order valence-corrected chi connectivity index (χ0v) is 19.8. The lowest BCUT2D eigenvalue weighted by atomic mass is 10.2. The van der Waals surface area contributed by atoms with Crippen molar-refractivity contribution in [3.63, 3.8) is 0 Å². The number of para-hydroxylation sites is 1. The molecule has 34 heavy (non-hydrogen) atoms. The molecule has 0 aliphatic heterocycles. The van der Waals surface area contributed by atoms with Gasteiger partial charge in [0.25, 0.3) is 5.56 Å². The fourth-order valence-electron chi connectivity index (χ4n) is 3.27. The Kier molecular flexibility index (Phi) is 6.24. The van der Waals surface area contributed by atoms with E-state index >= 15 is 0 Å². The first-order chi connectivity index (χ1) is 16.2. The van der Waals surface area contributed by atoms with E-state index in [2.05, 4.69) is 4.98 Å². The number of benzene rings is 2. The fourth-order valence-corrected chi connectivity index (χ4v) is 4.59. The maximum atomic E-state index is 13.4. The third kappa shape index (κ3) is 4.31. The number of aromatic nitrogens is 2. The summed E-state index contributed by atoms with van der Waals surface area (Å²) < 4.78 is 33.4. The molecule has 9 heteroatoms. The van der Waals surface area contributed by atoms with Gasteiger partial charge >= 0.3 is 0 Å². The van der Waals surface area contributed by atoms with Crippen LogP contribution in [0.25, 0.3) is 11.7 Å². The molecule has 0 saturated carbocycles. The molecule has 4 rings (SSSR count). The molecule has 0 N–H and O–H groups in total. The summed E-state index contributed by atoms with van der Waals surface area (Å²) in [5, 5.41) is 10.00. The first-order valence-corrected chi connectivity index (χ1v) is 12.0. The van der Waals surface area contributed by atoms with Gasteiger partial charge in [0.2, 0.25) is 15.7 Å². The monoisotopic (exact) mass is 491 g/mol. The number of ether oxygens (including phenoxy) is 1. The van der Waals surface area contributed by atoms with Crippen LogP contribution in [0.15, 0.2) is 81.5 Å². The highest BCUT2D eigenvalue weighted by Gasteiger charge is 2.24. The van der Waals surface area contributed by atoms with Gasteiger partial charge in [-0.3, -0.25) is 9.20 Å². The molecule has 0 atom stereocenters. The predicted octanol–water partition coefficient (Wildman–Crippen LogP) is 5.10. The van der Waals surface area contributed by atoms with Gasteiger partial charge in [-0.15, -0.1) is 0 Å². The normalized spacial score (nSPS) is 11.9. The smallest absolute Gasteiger partial charge is 0.269 e. The van der Waals surface area contributed by atoms with E-state index in [4.69, 9.17) is 16.3 Å². The topological polar surface area (TPSA) is 102 Å². The highest BCUT2D eigenvalue weighted by atomic mass is 35.5. The molecule has 0 radical (unpaired) electrons. The number of pyridine rings is 1. The number of aryl methyl sites for hydroxylation is 2. The molecule has 2 aromatic heterocycles. The summed E-state index contributed by atoms with van der Waals surface area (Å²) in [5.41, 5.74) is 1.10. The van der Waals surface area contributed by atoms with Crippen molar-refractivity contribution >= 4 is 33.2 Å². The standard InChI is InChI=1S/C25H18ClN3O4S/c1-16-9-11-18(12-10-16)34(31,32)19(15-27)14-20-24(33-22-8-4-3-7-21(22)26)28-23-17(2)6-5-13-29(23)25(20)30/h3-14H,1-2H3/b19-14+.